The van der Waals surface area contributed by atoms with Crippen LogP contribution in [0.15, 0.2) is 29.2 Å². The number of rotatable bonds is 5. The van der Waals surface area contributed by atoms with Crippen LogP contribution < -0.4 is 9.47 Å². The lowest BCUT2D eigenvalue weighted by molar-refractivity contribution is 0.351. The molecule has 144 valence electrons. The molecule has 2 aromatic rings. The monoisotopic (exact) mass is 387 g/mol. The van der Waals surface area contributed by atoms with E-state index in [0.717, 1.165) is 41.0 Å². The molecule has 0 saturated heterocycles. The van der Waals surface area contributed by atoms with Gasteiger partial charge in [-0.15, -0.1) is 0 Å². The second-order valence-electron chi connectivity index (χ2n) is 7.36. The summed E-state index contributed by atoms with van der Waals surface area (Å²) in [5, 5.41) is 0. The van der Waals surface area contributed by atoms with Crippen molar-refractivity contribution < 1.29 is 17.9 Å². The fourth-order valence-electron chi connectivity index (χ4n) is 4.00. The number of ether oxygens (including phenoxy) is 2. The maximum atomic E-state index is 13.0. The van der Waals surface area contributed by atoms with E-state index >= 15 is 0 Å². The van der Waals surface area contributed by atoms with E-state index in [2.05, 4.69) is 6.07 Å². The van der Waals surface area contributed by atoms with Crippen LogP contribution in [-0.4, -0.2) is 39.5 Å². The van der Waals surface area contributed by atoms with Crippen molar-refractivity contribution >= 4 is 10.0 Å². The number of sulfonamides is 1. The van der Waals surface area contributed by atoms with Crippen LogP contribution in [0.1, 0.15) is 27.8 Å². The smallest absolute Gasteiger partial charge is 0.243 e. The first-order valence-corrected chi connectivity index (χ1v) is 10.8. The van der Waals surface area contributed by atoms with Crippen molar-refractivity contribution in [1.29, 1.82) is 0 Å². The highest BCUT2D eigenvalue weighted by atomic mass is 32.2. The molecule has 2 aromatic carbocycles. The lowest BCUT2D eigenvalue weighted by atomic mass is 9.97. The predicted octanol–water partition coefficient (Wildman–Crippen LogP) is 3.04. The minimum absolute atomic E-state index is 0.374. The third kappa shape index (κ3) is 3.21. The summed E-state index contributed by atoms with van der Waals surface area (Å²) in [6, 6.07) is 7.54. The average Bonchev–Trinajstić information content (AvgIpc) is 3.26. The molecular weight excluding hydrogens is 362 g/mol. The Hall–Kier alpha value is -2.05. The van der Waals surface area contributed by atoms with E-state index in [1.165, 1.54) is 15.4 Å². The maximum absolute atomic E-state index is 13.0. The molecule has 27 heavy (non-hydrogen) atoms. The van der Waals surface area contributed by atoms with Gasteiger partial charge in [0.25, 0.3) is 0 Å². The van der Waals surface area contributed by atoms with Gasteiger partial charge in [0, 0.05) is 43.1 Å². The summed E-state index contributed by atoms with van der Waals surface area (Å²) < 4.78 is 39.1. The van der Waals surface area contributed by atoms with Crippen LogP contribution in [0, 0.1) is 13.8 Å². The molecule has 4 rings (SSSR count). The molecular formula is C21H25NO4S. The molecule has 0 atom stereocenters. The first kappa shape index (κ1) is 18.3. The number of benzene rings is 2. The maximum Gasteiger partial charge on any atom is 0.243 e. The number of aryl methyl sites for hydroxylation is 2. The molecule has 0 aromatic heterocycles. The predicted molar refractivity (Wildman–Crippen MR) is 104 cm³/mol. The Balaban J connectivity index is 1.59. The molecule has 0 amide bonds. The van der Waals surface area contributed by atoms with Gasteiger partial charge in [0.1, 0.15) is 11.5 Å². The van der Waals surface area contributed by atoms with E-state index < -0.39 is 10.0 Å². The zero-order chi connectivity index (χ0) is 19.2. The lowest BCUT2D eigenvalue weighted by Gasteiger charge is -2.20. The van der Waals surface area contributed by atoms with E-state index in [0.29, 0.717) is 31.1 Å². The summed E-state index contributed by atoms with van der Waals surface area (Å²) in [7, 11) is -1.88. The summed E-state index contributed by atoms with van der Waals surface area (Å²) in [5.74, 6) is 1.88. The Morgan fingerprint density at radius 2 is 1.85 bits per heavy atom. The third-order valence-electron chi connectivity index (χ3n) is 5.46. The number of fused-ring (bicyclic) bond motifs is 2. The number of nitrogens with zero attached hydrogens (tertiary/aromatic N) is 1. The standard InChI is InChI=1S/C21H25NO4S/c1-14-4-5-20(15(2)12-14)27(23,24)22(3)9-6-18-17-8-11-25-19(17)13-16-7-10-26-21(16)18/h4-5,12-13H,6-11H2,1-3H3. The van der Waals surface area contributed by atoms with Crippen LogP contribution in [-0.2, 0) is 29.3 Å². The van der Waals surface area contributed by atoms with Gasteiger partial charge in [0.15, 0.2) is 0 Å². The molecule has 2 heterocycles. The van der Waals surface area contributed by atoms with E-state index in [4.69, 9.17) is 9.47 Å². The summed E-state index contributed by atoms with van der Waals surface area (Å²) in [4.78, 5) is 0.374. The highest BCUT2D eigenvalue weighted by Gasteiger charge is 2.28. The summed E-state index contributed by atoms with van der Waals surface area (Å²) in [6.07, 6.45) is 2.36. The minimum atomic E-state index is -3.52. The molecule has 0 aliphatic carbocycles. The molecule has 0 N–H and O–H groups in total. The molecule has 0 saturated carbocycles. The number of hydrogen-bond donors (Lipinski definition) is 0. The van der Waals surface area contributed by atoms with Crippen molar-refractivity contribution in [1.82, 2.24) is 4.31 Å². The molecule has 0 fully saturated rings. The van der Waals surface area contributed by atoms with E-state index in [1.807, 2.05) is 26.0 Å². The Bertz CT molecular complexity index is 965. The molecule has 5 nitrogen and oxygen atoms in total. The van der Waals surface area contributed by atoms with Gasteiger partial charge in [-0.3, -0.25) is 0 Å². The molecule has 0 bridgehead atoms. The normalized spacial score (nSPS) is 15.4. The van der Waals surface area contributed by atoms with Crippen LogP contribution >= 0.6 is 0 Å². The number of likely N-dealkylation sites (N-methyl/N-ethyl adjacent to an activating group) is 1. The quantitative estimate of drug-likeness (QED) is 0.791. The SMILES string of the molecule is Cc1ccc(S(=O)(=O)N(C)CCc2c3c(cc4c2OCC4)OCC3)c(C)c1. The average molecular weight is 388 g/mol. The number of hydrogen-bond acceptors (Lipinski definition) is 4. The summed E-state index contributed by atoms with van der Waals surface area (Å²) in [6.45, 7) is 5.58. The van der Waals surface area contributed by atoms with Crippen LogP contribution in [0.3, 0.4) is 0 Å². The van der Waals surface area contributed by atoms with E-state index in [9.17, 15) is 8.42 Å². The van der Waals surface area contributed by atoms with Crippen LogP contribution in [0.4, 0.5) is 0 Å². The van der Waals surface area contributed by atoms with E-state index in [1.54, 1.807) is 13.1 Å². The van der Waals surface area contributed by atoms with E-state index in [-0.39, 0.29) is 0 Å². The summed E-state index contributed by atoms with van der Waals surface area (Å²) >= 11 is 0. The van der Waals surface area contributed by atoms with Gasteiger partial charge in [0.2, 0.25) is 10.0 Å². The van der Waals surface area contributed by atoms with Crippen molar-refractivity contribution in [2.75, 3.05) is 26.8 Å². The summed E-state index contributed by atoms with van der Waals surface area (Å²) in [5.41, 5.74) is 5.29. The van der Waals surface area contributed by atoms with Gasteiger partial charge in [-0.1, -0.05) is 17.7 Å². The van der Waals surface area contributed by atoms with Gasteiger partial charge < -0.3 is 9.47 Å². The van der Waals surface area contributed by atoms with Gasteiger partial charge >= 0.3 is 0 Å². The lowest BCUT2D eigenvalue weighted by Crippen LogP contribution is -2.29. The zero-order valence-electron chi connectivity index (χ0n) is 16.0. The largest absolute Gasteiger partial charge is 0.493 e. The van der Waals surface area contributed by atoms with Crippen molar-refractivity contribution in [3.8, 4) is 11.5 Å². The Kier molecular flexibility index (Phi) is 4.64. The Morgan fingerprint density at radius 3 is 2.63 bits per heavy atom. The second-order valence-corrected chi connectivity index (χ2v) is 9.38. The molecule has 0 spiro atoms. The highest BCUT2D eigenvalue weighted by Crippen LogP contribution is 2.41. The van der Waals surface area contributed by atoms with Gasteiger partial charge in [0.05, 0.1) is 18.1 Å². The van der Waals surface area contributed by atoms with Crippen LogP contribution in [0.5, 0.6) is 11.5 Å². The minimum Gasteiger partial charge on any atom is -0.493 e. The van der Waals surface area contributed by atoms with Crippen molar-refractivity contribution in [2.45, 2.75) is 38.0 Å². The fourth-order valence-corrected chi connectivity index (χ4v) is 5.37. The third-order valence-corrected chi connectivity index (χ3v) is 7.47. The topological polar surface area (TPSA) is 55.8 Å². The van der Waals surface area contributed by atoms with Gasteiger partial charge in [-0.05, 0) is 38.0 Å². The molecule has 0 unspecified atom stereocenters. The first-order valence-electron chi connectivity index (χ1n) is 9.35. The Labute approximate surface area is 161 Å². The van der Waals surface area contributed by atoms with Crippen LogP contribution in [0.2, 0.25) is 0 Å². The van der Waals surface area contributed by atoms with Crippen LogP contribution in [0.25, 0.3) is 0 Å². The Morgan fingerprint density at radius 1 is 1.07 bits per heavy atom. The van der Waals surface area contributed by atoms with Crippen molar-refractivity contribution in [3.63, 3.8) is 0 Å². The molecule has 2 aliphatic heterocycles. The van der Waals surface area contributed by atoms with Gasteiger partial charge in [-0.25, -0.2) is 12.7 Å². The highest BCUT2D eigenvalue weighted by molar-refractivity contribution is 7.89. The van der Waals surface area contributed by atoms with Crippen molar-refractivity contribution in [2.24, 2.45) is 0 Å². The van der Waals surface area contributed by atoms with Crippen molar-refractivity contribution in [3.05, 3.63) is 52.1 Å². The molecule has 6 heteroatoms. The fraction of sp³-hybridized carbons (Fsp3) is 0.429. The zero-order valence-corrected chi connectivity index (χ0v) is 16.9. The first-order chi connectivity index (χ1) is 12.9. The second kappa shape index (κ2) is 6.84. The molecule has 2 aliphatic rings. The molecule has 0 radical (unpaired) electrons. The van der Waals surface area contributed by atoms with Gasteiger partial charge in [-0.2, -0.15) is 0 Å².